The Labute approximate surface area is 114 Å². The lowest BCUT2D eigenvalue weighted by Gasteiger charge is -2.22. The van der Waals surface area contributed by atoms with Gasteiger partial charge in [0.2, 0.25) is 0 Å². The number of hydrogen-bond acceptors (Lipinski definition) is 3. The van der Waals surface area contributed by atoms with E-state index in [9.17, 15) is 4.39 Å². The van der Waals surface area contributed by atoms with Gasteiger partial charge in [0.15, 0.2) is 0 Å². The quantitative estimate of drug-likeness (QED) is 0.662. The highest BCUT2D eigenvalue weighted by molar-refractivity contribution is 9.10. The summed E-state index contributed by atoms with van der Waals surface area (Å²) in [5.41, 5.74) is 3.85. The monoisotopic (exact) mass is 318 g/mol. The molecule has 0 radical (unpaired) electrons. The zero-order valence-electron chi connectivity index (χ0n) is 9.46. The van der Waals surface area contributed by atoms with Crippen LogP contribution in [0.2, 0.25) is 0 Å². The predicted octanol–water partition coefficient (Wildman–Crippen LogP) is 2.86. The third-order valence-electron chi connectivity index (χ3n) is 3.10. The second kappa shape index (κ2) is 6.18. The van der Waals surface area contributed by atoms with Gasteiger partial charge in [0.1, 0.15) is 5.82 Å². The standard InChI is InChI=1S/C12H16BrFN2S/c13-12-8(3-1-4-9(12)14)7-10(16-15)11-5-2-6-17-11/h1,3-4,10-11,16H,2,5-7,15H2. The fraction of sp³-hybridized carbons (Fsp3) is 0.500. The van der Waals surface area contributed by atoms with Gasteiger partial charge in [-0.15, -0.1) is 0 Å². The van der Waals surface area contributed by atoms with Crippen molar-refractivity contribution >= 4 is 27.7 Å². The average Bonchev–Trinajstić information content (AvgIpc) is 2.85. The van der Waals surface area contributed by atoms with Crippen molar-refractivity contribution in [1.29, 1.82) is 0 Å². The maximum absolute atomic E-state index is 13.4. The van der Waals surface area contributed by atoms with Crippen molar-refractivity contribution < 1.29 is 4.39 Å². The van der Waals surface area contributed by atoms with Crippen LogP contribution in [0.1, 0.15) is 18.4 Å². The molecule has 0 bridgehead atoms. The summed E-state index contributed by atoms with van der Waals surface area (Å²) in [5.74, 6) is 6.61. The van der Waals surface area contributed by atoms with Gasteiger partial charge in [0.05, 0.1) is 4.47 Å². The van der Waals surface area contributed by atoms with E-state index in [-0.39, 0.29) is 11.9 Å². The molecular weight excluding hydrogens is 303 g/mol. The molecular formula is C12H16BrFN2S. The summed E-state index contributed by atoms with van der Waals surface area (Å²) in [6, 6.07) is 5.35. The molecule has 1 aromatic carbocycles. The molecule has 1 fully saturated rings. The number of nitrogens with one attached hydrogen (secondary N) is 1. The van der Waals surface area contributed by atoms with E-state index < -0.39 is 0 Å². The Bertz CT molecular complexity index is 383. The first-order chi connectivity index (χ1) is 8.22. The number of benzene rings is 1. The molecule has 2 nitrogen and oxygen atoms in total. The highest BCUT2D eigenvalue weighted by Crippen LogP contribution is 2.31. The lowest BCUT2D eigenvalue weighted by Crippen LogP contribution is -2.43. The first-order valence-electron chi connectivity index (χ1n) is 5.73. The summed E-state index contributed by atoms with van der Waals surface area (Å²) >= 11 is 5.25. The summed E-state index contributed by atoms with van der Waals surface area (Å²) in [6.07, 6.45) is 3.19. The minimum absolute atomic E-state index is 0.209. The van der Waals surface area contributed by atoms with Crippen LogP contribution in [-0.4, -0.2) is 17.0 Å². The molecule has 0 amide bonds. The Morgan fingerprint density at radius 2 is 2.41 bits per heavy atom. The summed E-state index contributed by atoms with van der Waals surface area (Å²) < 4.78 is 14.0. The molecule has 1 aliphatic heterocycles. The van der Waals surface area contributed by atoms with Crippen molar-refractivity contribution in [3.05, 3.63) is 34.1 Å². The molecule has 5 heteroatoms. The first-order valence-corrected chi connectivity index (χ1v) is 7.57. The van der Waals surface area contributed by atoms with E-state index >= 15 is 0 Å². The van der Waals surface area contributed by atoms with Crippen molar-refractivity contribution in [1.82, 2.24) is 5.43 Å². The van der Waals surface area contributed by atoms with Crippen molar-refractivity contribution in [3.8, 4) is 0 Å². The van der Waals surface area contributed by atoms with Gasteiger partial charge < -0.3 is 0 Å². The number of rotatable bonds is 4. The summed E-state index contributed by atoms with van der Waals surface area (Å²) in [5, 5.41) is 0.537. The Hall–Kier alpha value is -0.100. The van der Waals surface area contributed by atoms with E-state index in [2.05, 4.69) is 21.4 Å². The SMILES string of the molecule is NNC(Cc1cccc(F)c1Br)C1CCCS1. The van der Waals surface area contributed by atoms with E-state index in [1.807, 2.05) is 17.8 Å². The third kappa shape index (κ3) is 3.22. The Morgan fingerprint density at radius 3 is 3.06 bits per heavy atom. The molecule has 0 aromatic heterocycles. The van der Waals surface area contributed by atoms with Crippen molar-refractivity contribution in [2.45, 2.75) is 30.6 Å². The molecule has 94 valence electrons. The van der Waals surface area contributed by atoms with Crippen LogP contribution in [0.5, 0.6) is 0 Å². The van der Waals surface area contributed by atoms with E-state index in [0.29, 0.717) is 9.72 Å². The van der Waals surface area contributed by atoms with Crippen molar-refractivity contribution in [2.24, 2.45) is 5.84 Å². The van der Waals surface area contributed by atoms with Crippen LogP contribution in [0, 0.1) is 5.82 Å². The normalized spacial score (nSPS) is 21.7. The van der Waals surface area contributed by atoms with Crippen molar-refractivity contribution in [3.63, 3.8) is 0 Å². The lowest BCUT2D eigenvalue weighted by molar-refractivity contribution is 0.493. The maximum atomic E-state index is 13.4. The van der Waals surface area contributed by atoms with Gasteiger partial charge >= 0.3 is 0 Å². The lowest BCUT2D eigenvalue weighted by atomic mass is 10.0. The summed E-state index contributed by atoms with van der Waals surface area (Å²) in [7, 11) is 0. The second-order valence-electron chi connectivity index (χ2n) is 4.24. The van der Waals surface area contributed by atoms with E-state index in [0.717, 1.165) is 12.0 Å². The number of hydrazine groups is 1. The van der Waals surface area contributed by atoms with Gasteiger partial charge in [-0.1, -0.05) is 12.1 Å². The van der Waals surface area contributed by atoms with Crippen LogP contribution in [0.15, 0.2) is 22.7 Å². The molecule has 1 saturated heterocycles. The van der Waals surface area contributed by atoms with Crippen LogP contribution in [0.3, 0.4) is 0 Å². The Balaban J connectivity index is 2.09. The third-order valence-corrected chi connectivity index (χ3v) is 5.50. The molecule has 3 N–H and O–H groups in total. The van der Waals surface area contributed by atoms with E-state index in [4.69, 9.17) is 5.84 Å². The molecule has 1 aromatic rings. The molecule has 1 aliphatic rings. The summed E-state index contributed by atoms with van der Waals surface area (Å²) in [6.45, 7) is 0. The molecule has 2 atom stereocenters. The summed E-state index contributed by atoms with van der Waals surface area (Å²) in [4.78, 5) is 0. The van der Waals surface area contributed by atoms with Crippen molar-refractivity contribution in [2.75, 3.05) is 5.75 Å². The van der Waals surface area contributed by atoms with Gasteiger partial charge in [0, 0.05) is 11.3 Å². The fourth-order valence-corrected chi connectivity index (χ4v) is 3.96. The Morgan fingerprint density at radius 1 is 1.59 bits per heavy atom. The highest BCUT2D eigenvalue weighted by atomic mass is 79.9. The van der Waals surface area contributed by atoms with Gasteiger partial charge in [-0.25, -0.2) is 4.39 Å². The number of halogens is 2. The Kier molecular flexibility index (Phi) is 4.85. The minimum Gasteiger partial charge on any atom is -0.271 e. The topological polar surface area (TPSA) is 38.0 Å². The molecule has 2 rings (SSSR count). The van der Waals surface area contributed by atoms with Crippen LogP contribution in [0.4, 0.5) is 4.39 Å². The van der Waals surface area contributed by atoms with Crippen LogP contribution < -0.4 is 11.3 Å². The van der Waals surface area contributed by atoms with Gasteiger partial charge in [-0.2, -0.15) is 11.8 Å². The molecule has 17 heavy (non-hydrogen) atoms. The highest BCUT2D eigenvalue weighted by Gasteiger charge is 2.25. The van der Waals surface area contributed by atoms with E-state index in [1.165, 1.54) is 24.7 Å². The zero-order valence-corrected chi connectivity index (χ0v) is 11.9. The maximum Gasteiger partial charge on any atom is 0.137 e. The number of hydrogen-bond donors (Lipinski definition) is 2. The zero-order chi connectivity index (χ0) is 12.3. The number of thioether (sulfide) groups is 1. The molecule has 2 unspecified atom stereocenters. The second-order valence-corrected chi connectivity index (χ2v) is 6.38. The molecule has 0 saturated carbocycles. The van der Waals surface area contributed by atoms with Crippen LogP contribution in [0.25, 0.3) is 0 Å². The number of nitrogens with two attached hydrogens (primary N) is 1. The average molecular weight is 319 g/mol. The predicted molar refractivity (Wildman–Crippen MR) is 74.4 cm³/mol. The van der Waals surface area contributed by atoms with Gasteiger partial charge in [0.25, 0.3) is 0 Å². The largest absolute Gasteiger partial charge is 0.271 e. The van der Waals surface area contributed by atoms with Crippen LogP contribution >= 0.6 is 27.7 Å². The van der Waals surface area contributed by atoms with E-state index in [1.54, 1.807) is 6.07 Å². The molecule has 1 heterocycles. The smallest absolute Gasteiger partial charge is 0.137 e. The van der Waals surface area contributed by atoms with Gasteiger partial charge in [-0.05, 0) is 52.6 Å². The van der Waals surface area contributed by atoms with Gasteiger partial charge in [-0.3, -0.25) is 11.3 Å². The first kappa shape index (κ1) is 13.3. The fourth-order valence-electron chi connectivity index (χ4n) is 2.16. The molecule has 0 spiro atoms. The molecule has 0 aliphatic carbocycles. The minimum atomic E-state index is -0.211. The van der Waals surface area contributed by atoms with Crippen LogP contribution in [-0.2, 0) is 6.42 Å².